The number of carbonyl (C=O) groups excluding carboxylic acids is 1. The maximum absolute atomic E-state index is 11.9. The molecule has 0 bridgehead atoms. The van der Waals surface area contributed by atoms with E-state index in [9.17, 15) is 9.59 Å². The Bertz CT molecular complexity index is 2090. The number of hydrogen-bond acceptors (Lipinski definition) is 16. The van der Waals surface area contributed by atoms with Gasteiger partial charge in [0.15, 0.2) is 5.75 Å². The lowest BCUT2D eigenvalue weighted by atomic mass is 10.1. The second-order valence-electron chi connectivity index (χ2n) is 16.1. The van der Waals surface area contributed by atoms with Crippen LogP contribution in [0, 0.1) is 28.1 Å². The van der Waals surface area contributed by atoms with Gasteiger partial charge < -0.3 is 63.2 Å². The summed E-state index contributed by atoms with van der Waals surface area (Å²) in [6.45, 7) is 20.6. The smallest absolute Gasteiger partial charge is 0.413 e. The van der Waals surface area contributed by atoms with Gasteiger partial charge in [0.1, 0.15) is 41.9 Å². The van der Waals surface area contributed by atoms with Crippen molar-refractivity contribution in [1.82, 2.24) is 26.6 Å². The minimum atomic E-state index is -0.872. The summed E-state index contributed by atoms with van der Waals surface area (Å²) in [6.07, 6.45) is 1.26. The SMILES string of the molecule is C=C(NCc1cc(C)c(OCCOCCOCCOCCOCCOCCOCCN2NNC=C2COc2c(I)cc(Oc3c(I)cc(CC(=O)O)cc3I)cc2I)c(C)c1)NC(=O)OC(C)(C)C. The van der Waals surface area contributed by atoms with Gasteiger partial charge in [0, 0.05) is 12.7 Å². The number of nitrogens with one attached hydrogen (secondary N) is 4. The molecule has 69 heavy (non-hydrogen) atoms. The average molecular weight is 1410 g/mol. The van der Waals surface area contributed by atoms with E-state index in [-0.39, 0.29) is 6.42 Å². The highest BCUT2D eigenvalue weighted by molar-refractivity contribution is 14.1. The van der Waals surface area contributed by atoms with E-state index in [2.05, 4.69) is 119 Å². The van der Waals surface area contributed by atoms with Gasteiger partial charge in [-0.25, -0.2) is 4.79 Å². The second-order valence-corrected chi connectivity index (χ2v) is 20.8. The maximum atomic E-state index is 11.9. The van der Waals surface area contributed by atoms with E-state index in [1.165, 1.54) is 0 Å². The van der Waals surface area contributed by atoms with E-state index in [0.29, 0.717) is 123 Å². The number of halogens is 4. The first kappa shape index (κ1) is 58.9. The fraction of sp³-hybridized carbons (Fsp3) is 0.489. The minimum absolute atomic E-state index is 0.0398. The molecule has 0 aliphatic carbocycles. The van der Waals surface area contributed by atoms with E-state index < -0.39 is 17.7 Å². The summed E-state index contributed by atoms with van der Waals surface area (Å²) in [5.74, 6) is 2.42. The Labute approximate surface area is 459 Å². The fourth-order valence-electron chi connectivity index (χ4n) is 6.26. The van der Waals surface area contributed by atoms with Crippen molar-refractivity contribution in [3.8, 4) is 23.0 Å². The maximum Gasteiger partial charge on any atom is 0.413 e. The fourth-order valence-corrected chi connectivity index (χ4v) is 10.4. The molecular weight excluding hydrogens is 1350 g/mol. The third-order valence-electron chi connectivity index (χ3n) is 9.23. The van der Waals surface area contributed by atoms with Crippen molar-refractivity contribution in [3.63, 3.8) is 0 Å². The zero-order valence-corrected chi connectivity index (χ0v) is 48.2. The lowest BCUT2D eigenvalue weighted by molar-refractivity contribution is -0.136. The number of alkyl carbamates (subject to hydrolysis) is 1. The van der Waals surface area contributed by atoms with E-state index in [4.69, 9.17) is 52.5 Å². The highest BCUT2D eigenvalue weighted by atomic mass is 127. The lowest BCUT2D eigenvalue weighted by Gasteiger charge is -2.22. The summed E-state index contributed by atoms with van der Waals surface area (Å²) >= 11 is 8.83. The van der Waals surface area contributed by atoms with Crippen LogP contribution >= 0.6 is 90.4 Å². The van der Waals surface area contributed by atoms with Gasteiger partial charge in [0.2, 0.25) is 0 Å². The molecule has 1 heterocycles. The Kier molecular flexibility index (Phi) is 27.1. The molecule has 1 amide bonds. The van der Waals surface area contributed by atoms with Gasteiger partial charge in [-0.15, -0.1) is 5.53 Å². The summed E-state index contributed by atoms with van der Waals surface area (Å²) < 4.78 is 61.1. The summed E-state index contributed by atoms with van der Waals surface area (Å²) in [7, 11) is 0. The van der Waals surface area contributed by atoms with Gasteiger partial charge in [0.25, 0.3) is 0 Å². The summed E-state index contributed by atoms with van der Waals surface area (Å²) in [5.41, 5.74) is 10.2. The minimum Gasteiger partial charge on any atom is -0.491 e. The predicted molar refractivity (Wildman–Crippen MR) is 293 cm³/mol. The van der Waals surface area contributed by atoms with E-state index >= 15 is 0 Å². The third-order valence-corrected chi connectivity index (χ3v) is 12.4. The second kappa shape index (κ2) is 31.7. The molecule has 0 radical (unpaired) electrons. The van der Waals surface area contributed by atoms with Crippen LogP contribution in [0.15, 0.2) is 60.7 Å². The van der Waals surface area contributed by atoms with Crippen LogP contribution in [-0.4, -0.2) is 127 Å². The Morgan fingerprint density at radius 3 is 1.67 bits per heavy atom. The van der Waals surface area contributed by atoms with Crippen LogP contribution in [0.3, 0.4) is 0 Å². The predicted octanol–water partition coefficient (Wildman–Crippen LogP) is 7.95. The van der Waals surface area contributed by atoms with Crippen LogP contribution in [-0.2, 0) is 50.9 Å². The first-order valence-electron chi connectivity index (χ1n) is 22.1. The van der Waals surface area contributed by atoms with Crippen molar-refractivity contribution >= 4 is 102 Å². The van der Waals surface area contributed by atoms with Gasteiger partial charge in [-0.05, 0) is 172 Å². The zero-order valence-electron chi connectivity index (χ0n) is 39.6. The largest absolute Gasteiger partial charge is 0.491 e. The van der Waals surface area contributed by atoms with Gasteiger partial charge >= 0.3 is 12.1 Å². The number of carboxylic acid groups (broad SMARTS) is 1. The zero-order chi connectivity index (χ0) is 50.2. The van der Waals surface area contributed by atoms with Crippen molar-refractivity contribution < 1.29 is 62.1 Å². The van der Waals surface area contributed by atoms with Gasteiger partial charge in [-0.3, -0.25) is 15.1 Å². The van der Waals surface area contributed by atoms with Crippen LogP contribution in [0.4, 0.5) is 4.79 Å². The van der Waals surface area contributed by atoms with Crippen molar-refractivity contribution in [2.45, 2.75) is 53.2 Å². The number of rotatable bonds is 33. The average Bonchev–Trinajstić information content (AvgIpc) is 3.71. The van der Waals surface area contributed by atoms with E-state index in [1.54, 1.807) is 20.8 Å². The topological polar surface area (TPSA) is 198 Å². The molecule has 18 nitrogen and oxygen atoms in total. The Morgan fingerprint density at radius 2 is 1.16 bits per heavy atom. The van der Waals surface area contributed by atoms with Crippen LogP contribution in [0.1, 0.15) is 43.0 Å². The standard InChI is InChI=1S/C47H63I4N5O13/c1-31-21-35(28-52-33(3)54-46(59)69-47(4,5)6)22-32(2)43(31)66-20-19-65-18-17-64-16-15-63-14-13-62-12-11-61-10-9-60-8-7-56-36(29-53-55-56)30-67-44-40(50)26-37(27-41(44)51)68-45-38(48)23-34(24-39(45)49)25-42(57)58/h21-24,26-27,29,52-53,55H,3,7-20,25,28,30H2,1-2,4-6H3,(H,54,59)(H,57,58). The molecule has 0 fully saturated rings. The van der Waals surface area contributed by atoms with Crippen molar-refractivity contribution in [2.75, 3.05) is 99.0 Å². The Morgan fingerprint density at radius 1 is 0.667 bits per heavy atom. The van der Waals surface area contributed by atoms with Crippen LogP contribution < -0.4 is 35.8 Å². The van der Waals surface area contributed by atoms with Gasteiger partial charge in [-0.1, -0.05) is 18.7 Å². The van der Waals surface area contributed by atoms with Crippen LogP contribution in [0.5, 0.6) is 23.0 Å². The Hall–Kier alpha value is -2.68. The molecular formula is C47H63I4N5O13. The molecule has 0 saturated heterocycles. The molecule has 0 atom stereocenters. The van der Waals surface area contributed by atoms with Crippen molar-refractivity contribution in [1.29, 1.82) is 0 Å². The van der Waals surface area contributed by atoms with E-state index in [1.807, 2.05) is 61.5 Å². The number of hydrazine groups is 2. The highest BCUT2D eigenvalue weighted by Crippen LogP contribution is 2.38. The molecule has 5 N–H and O–H groups in total. The quantitative estimate of drug-likeness (QED) is 0.0291. The van der Waals surface area contributed by atoms with Crippen LogP contribution in [0.2, 0.25) is 0 Å². The monoisotopic (exact) mass is 1410 g/mol. The molecule has 3 aromatic rings. The molecule has 4 rings (SSSR count). The molecule has 0 aromatic heterocycles. The van der Waals surface area contributed by atoms with Crippen molar-refractivity contribution in [2.24, 2.45) is 0 Å². The molecule has 382 valence electrons. The summed E-state index contributed by atoms with van der Waals surface area (Å²) in [6, 6.07) is 11.6. The molecule has 0 saturated carbocycles. The molecule has 0 spiro atoms. The van der Waals surface area contributed by atoms with Gasteiger partial charge in [0.05, 0.1) is 112 Å². The number of amides is 1. The number of aryl methyl sites for hydroxylation is 2. The molecule has 1 aliphatic rings. The number of hydrogen-bond donors (Lipinski definition) is 5. The first-order valence-corrected chi connectivity index (χ1v) is 26.4. The Balaban J connectivity index is 0.934. The third kappa shape index (κ3) is 23.2. The summed E-state index contributed by atoms with van der Waals surface area (Å²) in [4.78, 5) is 23.1. The summed E-state index contributed by atoms with van der Waals surface area (Å²) in [5, 5.41) is 16.8. The number of ether oxygens (including phenoxy) is 10. The highest BCUT2D eigenvalue weighted by Gasteiger charge is 2.20. The molecule has 0 unspecified atom stereocenters. The normalized spacial score (nSPS) is 12.4. The first-order chi connectivity index (χ1) is 33.0. The van der Waals surface area contributed by atoms with Gasteiger partial charge in [-0.2, -0.15) is 0 Å². The van der Waals surface area contributed by atoms with E-state index in [0.717, 1.165) is 53.7 Å². The van der Waals surface area contributed by atoms with Crippen molar-refractivity contribution in [3.05, 3.63) is 97.2 Å². The van der Waals surface area contributed by atoms with Crippen LogP contribution in [0.25, 0.3) is 0 Å². The molecule has 1 aliphatic heterocycles. The molecule has 22 heteroatoms. The number of aliphatic carboxylic acids is 1. The number of nitrogens with zero attached hydrogens (tertiary/aromatic N) is 1. The number of benzene rings is 3. The number of carbonyl (C=O) groups is 2. The molecule has 3 aromatic carbocycles. The number of carboxylic acids is 1. The lowest BCUT2D eigenvalue weighted by Crippen LogP contribution is -2.40.